The van der Waals surface area contributed by atoms with Crippen LogP contribution in [-0.2, 0) is 10.2 Å². The van der Waals surface area contributed by atoms with Crippen LogP contribution >= 0.6 is 11.6 Å². The Bertz CT molecular complexity index is 1070. The van der Waals surface area contributed by atoms with Crippen molar-refractivity contribution in [2.24, 2.45) is 0 Å². The molecule has 3 rings (SSSR count). The fourth-order valence-corrected chi connectivity index (χ4v) is 3.28. The van der Waals surface area contributed by atoms with E-state index in [0.717, 1.165) is 27.6 Å². The van der Waals surface area contributed by atoms with Crippen molar-refractivity contribution in [3.05, 3.63) is 65.7 Å². The predicted molar refractivity (Wildman–Crippen MR) is 132 cm³/mol. The molecule has 0 saturated carbocycles. The van der Waals surface area contributed by atoms with Gasteiger partial charge in [-0.2, -0.15) is 0 Å². The van der Waals surface area contributed by atoms with Gasteiger partial charge in [0.2, 0.25) is 6.41 Å². The summed E-state index contributed by atoms with van der Waals surface area (Å²) in [6.45, 7) is 8.41. The van der Waals surface area contributed by atoms with E-state index >= 15 is 0 Å². The van der Waals surface area contributed by atoms with E-state index in [2.05, 4.69) is 26.1 Å². The average Bonchev–Trinajstić information content (AvgIpc) is 2.77. The monoisotopic (exact) mass is 455 g/mol. The fraction of sp³-hybridized carbons (Fsp3) is 0.308. The molecule has 170 valence electrons. The molecule has 0 aliphatic carbocycles. The van der Waals surface area contributed by atoms with Gasteiger partial charge in [0.15, 0.2) is 5.78 Å². The summed E-state index contributed by atoms with van der Waals surface area (Å²) in [5.41, 5.74) is 2.65. The summed E-state index contributed by atoms with van der Waals surface area (Å²) in [4.78, 5) is 22.0. The maximum absolute atomic E-state index is 11.5. The molecule has 0 spiro atoms. The standard InChI is InChI=1S/C14H13ClO2.C12H17NO2/c1-10(16)11-6-7-14(17-9-8-15)13-5-3-2-4-12(11)13;1-12(2,3)9-5-6-11(15-4)10(7-9)13-8-14/h2-7H,8-9H2,1H3;5-8H,1-4H3,(H,13,14). The minimum Gasteiger partial charge on any atom is -0.495 e. The second kappa shape index (κ2) is 11.5. The Morgan fingerprint density at radius 3 is 2.25 bits per heavy atom. The molecular weight excluding hydrogens is 426 g/mol. The van der Waals surface area contributed by atoms with Crippen molar-refractivity contribution in [2.75, 3.05) is 24.9 Å². The second-order valence-electron chi connectivity index (χ2n) is 8.18. The summed E-state index contributed by atoms with van der Waals surface area (Å²) in [7, 11) is 1.59. The summed E-state index contributed by atoms with van der Waals surface area (Å²) < 4.78 is 10.7. The van der Waals surface area contributed by atoms with Gasteiger partial charge in [-0.3, -0.25) is 9.59 Å². The third-order valence-electron chi connectivity index (χ3n) is 4.88. The Morgan fingerprint density at radius 2 is 1.69 bits per heavy atom. The SMILES string of the molecule is CC(=O)c1ccc(OCCCl)c2ccccc12.COc1ccc(C(C)(C)C)cc1NC=O. The molecule has 0 radical (unpaired) electrons. The lowest BCUT2D eigenvalue weighted by atomic mass is 9.87. The Kier molecular flexibility index (Phi) is 9.09. The number of hydrogen-bond acceptors (Lipinski definition) is 4. The summed E-state index contributed by atoms with van der Waals surface area (Å²) in [6.07, 6.45) is 0.657. The quantitative estimate of drug-likeness (QED) is 0.261. The number of Topliss-reactive ketones (excluding diaryl/α,β-unsaturated/α-hetero) is 1. The van der Waals surface area contributed by atoms with E-state index in [0.29, 0.717) is 30.3 Å². The number of carbonyl (C=O) groups is 2. The first-order valence-corrected chi connectivity index (χ1v) is 10.9. The highest BCUT2D eigenvalue weighted by atomic mass is 35.5. The van der Waals surface area contributed by atoms with Crippen molar-refractivity contribution < 1.29 is 19.1 Å². The van der Waals surface area contributed by atoms with Crippen LogP contribution in [0.1, 0.15) is 43.6 Å². The first-order valence-electron chi connectivity index (χ1n) is 10.3. The van der Waals surface area contributed by atoms with E-state index in [1.165, 1.54) is 0 Å². The van der Waals surface area contributed by atoms with Crippen molar-refractivity contribution in [1.29, 1.82) is 0 Å². The zero-order valence-electron chi connectivity index (χ0n) is 19.2. The van der Waals surface area contributed by atoms with E-state index in [-0.39, 0.29) is 11.2 Å². The maximum atomic E-state index is 11.5. The van der Waals surface area contributed by atoms with E-state index in [4.69, 9.17) is 21.1 Å². The van der Waals surface area contributed by atoms with Gasteiger partial charge in [0.1, 0.15) is 18.1 Å². The number of fused-ring (bicyclic) bond motifs is 1. The lowest BCUT2D eigenvalue weighted by molar-refractivity contribution is -0.105. The smallest absolute Gasteiger partial charge is 0.211 e. The van der Waals surface area contributed by atoms with Crippen LogP contribution in [0.25, 0.3) is 10.8 Å². The Labute approximate surface area is 194 Å². The Morgan fingerprint density at radius 1 is 1.03 bits per heavy atom. The molecule has 0 aromatic heterocycles. The van der Waals surface area contributed by atoms with Gasteiger partial charge in [-0.05, 0) is 47.6 Å². The van der Waals surface area contributed by atoms with E-state index in [9.17, 15) is 9.59 Å². The average molecular weight is 456 g/mol. The second-order valence-corrected chi connectivity index (χ2v) is 8.56. The molecule has 3 aromatic rings. The third kappa shape index (κ3) is 6.47. The van der Waals surface area contributed by atoms with Crippen LogP contribution in [0.2, 0.25) is 0 Å². The van der Waals surface area contributed by atoms with Gasteiger partial charge in [-0.25, -0.2) is 0 Å². The van der Waals surface area contributed by atoms with E-state index < -0.39 is 0 Å². The van der Waals surface area contributed by atoms with Crippen LogP contribution < -0.4 is 14.8 Å². The first-order chi connectivity index (χ1) is 15.2. The number of methoxy groups -OCH3 is 1. The number of hydrogen-bond donors (Lipinski definition) is 1. The van der Waals surface area contributed by atoms with E-state index in [1.54, 1.807) is 20.1 Å². The van der Waals surface area contributed by atoms with Crippen LogP contribution in [0.5, 0.6) is 11.5 Å². The zero-order chi connectivity index (χ0) is 23.7. The van der Waals surface area contributed by atoms with Gasteiger partial charge in [0, 0.05) is 10.9 Å². The minimum atomic E-state index is 0.0603. The van der Waals surface area contributed by atoms with Gasteiger partial charge in [0.05, 0.1) is 18.7 Å². The molecule has 1 amide bonds. The number of benzene rings is 3. The summed E-state index contributed by atoms with van der Waals surface area (Å²) >= 11 is 5.61. The minimum absolute atomic E-state index is 0.0603. The Hall–Kier alpha value is -3.05. The summed E-state index contributed by atoms with van der Waals surface area (Å²) in [5.74, 6) is 1.95. The molecule has 5 nitrogen and oxygen atoms in total. The topological polar surface area (TPSA) is 64.6 Å². The van der Waals surface area contributed by atoms with Gasteiger partial charge >= 0.3 is 0 Å². The summed E-state index contributed by atoms with van der Waals surface area (Å²) in [5, 5.41) is 4.51. The van der Waals surface area contributed by atoms with Crippen molar-refractivity contribution in [3.63, 3.8) is 0 Å². The van der Waals surface area contributed by atoms with Gasteiger partial charge in [-0.15, -0.1) is 11.6 Å². The molecule has 0 aliphatic rings. The number of halogens is 1. The molecule has 1 N–H and O–H groups in total. The normalized spacial score (nSPS) is 10.7. The number of ketones is 1. The molecule has 6 heteroatoms. The highest BCUT2D eigenvalue weighted by Crippen LogP contribution is 2.31. The number of carbonyl (C=O) groups excluding carboxylic acids is 2. The van der Waals surface area contributed by atoms with Crippen LogP contribution in [0.4, 0.5) is 5.69 Å². The number of ether oxygens (including phenoxy) is 2. The van der Waals surface area contributed by atoms with Gasteiger partial charge in [-0.1, -0.05) is 51.1 Å². The molecule has 0 heterocycles. The van der Waals surface area contributed by atoms with Gasteiger partial charge < -0.3 is 14.8 Å². The summed E-state index contributed by atoms with van der Waals surface area (Å²) in [6, 6.07) is 17.2. The number of amides is 1. The van der Waals surface area contributed by atoms with Crippen LogP contribution in [0.3, 0.4) is 0 Å². The van der Waals surface area contributed by atoms with Crippen molar-refractivity contribution in [3.8, 4) is 11.5 Å². The molecule has 0 unspecified atom stereocenters. The lowest BCUT2D eigenvalue weighted by Gasteiger charge is -2.20. The molecule has 0 saturated heterocycles. The molecule has 0 fully saturated rings. The molecule has 0 aliphatic heterocycles. The van der Waals surface area contributed by atoms with Crippen molar-refractivity contribution in [1.82, 2.24) is 0 Å². The number of alkyl halides is 1. The molecule has 0 bridgehead atoms. The van der Waals surface area contributed by atoms with Crippen molar-refractivity contribution in [2.45, 2.75) is 33.1 Å². The largest absolute Gasteiger partial charge is 0.495 e. The van der Waals surface area contributed by atoms with Crippen LogP contribution in [-0.4, -0.2) is 31.8 Å². The number of anilines is 1. The van der Waals surface area contributed by atoms with Gasteiger partial charge in [0.25, 0.3) is 0 Å². The fourth-order valence-electron chi connectivity index (χ4n) is 3.20. The predicted octanol–water partition coefficient (Wildman–Crippen LogP) is 6.22. The van der Waals surface area contributed by atoms with Crippen molar-refractivity contribution >= 4 is 40.3 Å². The maximum Gasteiger partial charge on any atom is 0.211 e. The highest BCUT2D eigenvalue weighted by Gasteiger charge is 2.15. The van der Waals surface area contributed by atoms with Crippen LogP contribution in [0.15, 0.2) is 54.6 Å². The molecule has 0 atom stereocenters. The zero-order valence-corrected chi connectivity index (χ0v) is 20.0. The first kappa shape index (κ1) is 25.2. The Balaban J connectivity index is 0.000000229. The number of nitrogens with one attached hydrogen (secondary N) is 1. The van der Waals surface area contributed by atoms with E-state index in [1.807, 2.05) is 48.5 Å². The molecular formula is C26H30ClNO4. The highest BCUT2D eigenvalue weighted by molar-refractivity contribution is 6.18. The molecule has 3 aromatic carbocycles. The lowest BCUT2D eigenvalue weighted by Crippen LogP contribution is -2.11. The molecule has 32 heavy (non-hydrogen) atoms. The van der Waals surface area contributed by atoms with Crippen LogP contribution in [0, 0.1) is 0 Å². The third-order valence-corrected chi connectivity index (χ3v) is 5.03. The number of rotatable bonds is 7.